The molecular formula is C24H30F4N6O. The van der Waals surface area contributed by atoms with E-state index in [4.69, 9.17) is 5.73 Å². The molecule has 190 valence electrons. The molecule has 0 radical (unpaired) electrons. The van der Waals surface area contributed by atoms with Crippen molar-refractivity contribution in [3.8, 4) is 0 Å². The fourth-order valence-electron chi connectivity index (χ4n) is 4.62. The molecule has 1 aliphatic carbocycles. The van der Waals surface area contributed by atoms with Crippen LogP contribution in [0.1, 0.15) is 37.3 Å². The normalized spacial score (nSPS) is 21.1. The number of anilines is 2. The molecule has 4 rings (SSSR count). The van der Waals surface area contributed by atoms with E-state index in [1.807, 2.05) is 4.90 Å². The summed E-state index contributed by atoms with van der Waals surface area (Å²) in [5, 5.41) is 3.12. The summed E-state index contributed by atoms with van der Waals surface area (Å²) in [6.07, 6.45) is -0.503. The van der Waals surface area contributed by atoms with Gasteiger partial charge >= 0.3 is 6.18 Å². The molecule has 7 nitrogen and oxygen atoms in total. The summed E-state index contributed by atoms with van der Waals surface area (Å²) in [6, 6.07) is 5.01. The molecular weight excluding hydrogens is 464 g/mol. The number of carbonyl (C=O) groups excluding carboxylic acids is 1. The van der Waals surface area contributed by atoms with Crippen LogP contribution in [0.25, 0.3) is 0 Å². The standard InChI is InChI=1S/C24H30F4N6O/c1-15-11-33(13-20(29)35)9-8-17(15)10-30-22-21(25)23(32-14-31-22)34(19-6-7-19)12-16-2-4-18(5-3-16)24(26,27)28/h2-5,14-15,17,19H,6-13H2,1H3,(H2,29,35)(H,30,31,32). The highest BCUT2D eigenvalue weighted by molar-refractivity contribution is 5.75. The molecule has 1 aromatic heterocycles. The van der Waals surface area contributed by atoms with Crippen LogP contribution in [0.15, 0.2) is 30.6 Å². The number of primary amides is 1. The van der Waals surface area contributed by atoms with Gasteiger partial charge in [0.1, 0.15) is 6.33 Å². The summed E-state index contributed by atoms with van der Waals surface area (Å²) in [6.45, 7) is 4.62. The highest BCUT2D eigenvalue weighted by atomic mass is 19.4. The van der Waals surface area contributed by atoms with Crippen LogP contribution in [-0.4, -0.2) is 53.0 Å². The van der Waals surface area contributed by atoms with Crippen molar-refractivity contribution in [3.05, 3.63) is 47.5 Å². The Hall–Kier alpha value is -2.95. The summed E-state index contributed by atoms with van der Waals surface area (Å²) in [4.78, 5) is 23.3. The van der Waals surface area contributed by atoms with E-state index in [-0.39, 0.29) is 42.6 Å². The molecule has 0 spiro atoms. The number of halogens is 4. The number of hydrogen-bond acceptors (Lipinski definition) is 6. The van der Waals surface area contributed by atoms with Crippen LogP contribution in [0.4, 0.5) is 29.2 Å². The van der Waals surface area contributed by atoms with Gasteiger partial charge < -0.3 is 16.0 Å². The zero-order valence-corrected chi connectivity index (χ0v) is 19.6. The van der Waals surface area contributed by atoms with Crippen molar-refractivity contribution < 1.29 is 22.4 Å². The van der Waals surface area contributed by atoms with E-state index >= 15 is 4.39 Å². The third-order valence-corrected chi connectivity index (χ3v) is 6.74. The summed E-state index contributed by atoms with van der Waals surface area (Å²) >= 11 is 0. The van der Waals surface area contributed by atoms with Gasteiger partial charge in [0, 0.05) is 25.7 Å². The lowest BCUT2D eigenvalue weighted by Gasteiger charge is -2.36. The fourth-order valence-corrected chi connectivity index (χ4v) is 4.62. The lowest BCUT2D eigenvalue weighted by atomic mass is 9.87. The van der Waals surface area contributed by atoms with Gasteiger partial charge in [0.2, 0.25) is 11.7 Å². The molecule has 11 heteroatoms. The molecule has 35 heavy (non-hydrogen) atoms. The highest BCUT2D eigenvalue weighted by Crippen LogP contribution is 2.35. The molecule has 2 fully saturated rings. The molecule has 1 saturated carbocycles. The van der Waals surface area contributed by atoms with Gasteiger partial charge in [0.05, 0.1) is 12.1 Å². The molecule has 1 amide bonds. The van der Waals surface area contributed by atoms with E-state index < -0.39 is 17.6 Å². The Labute approximate surface area is 201 Å². The lowest BCUT2D eigenvalue weighted by molar-refractivity contribution is -0.137. The van der Waals surface area contributed by atoms with Gasteiger partial charge in [0.25, 0.3) is 0 Å². The second kappa shape index (κ2) is 10.3. The number of rotatable bonds is 9. The van der Waals surface area contributed by atoms with Crippen LogP contribution in [0.5, 0.6) is 0 Å². The lowest BCUT2D eigenvalue weighted by Crippen LogP contribution is -2.44. The molecule has 1 aliphatic heterocycles. The number of benzene rings is 1. The van der Waals surface area contributed by atoms with Crippen LogP contribution < -0.4 is 16.0 Å². The quantitative estimate of drug-likeness (QED) is 0.518. The number of nitrogens with zero attached hydrogens (tertiary/aromatic N) is 4. The summed E-state index contributed by atoms with van der Waals surface area (Å²) in [7, 11) is 0. The minimum absolute atomic E-state index is 0.0872. The van der Waals surface area contributed by atoms with E-state index in [9.17, 15) is 18.0 Å². The smallest absolute Gasteiger partial charge is 0.369 e. The van der Waals surface area contributed by atoms with Crippen molar-refractivity contribution in [1.29, 1.82) is 0 Å². The number of aromatic nitrogens is 2. The number of carbonyl (C=O) groups is 1. The van der Waals surface area contributed by atoms with Gasteiger partial charge in [-0.3, -0.25) is 9.69 Å². The first-order valence-corrected chi connectivity index (χ1v) is 11.8. The number of amides is 1. The van der Waals surface area contributed by atoms with Gasteiger partial charge in [-0.1, -0.05) is 19.1 Å². The number of nitrogens with one attached hydrogen (secondary N) is 1. The Kier molecular flexibility index (Phi) is 7.44. The third-order valence-electron chi connectivity index (χ3n) is 6.74. The van der Waals surface area contributed by atoms with Crippen LogP contribution in [-0.2, 0) is 17.5 Å². The van der Waals surface area contributed by atoms with Gasteiger partial charge in [-0.05, 0) is 55.3 Å². The molecule has 2 unspecified atom stereocenters. The Balaban J connectivity index is 1.42. The molecule has 0 bridgehead atoms. The molecule has 2 heterocycles. The Morgan fingerprint density at radius 2 is 1.91 bits per heavy atom. The van der Waals surface area contributed by atoms with Gasteiger partial charge in [-0.2, -0.15) is 17.6 Å². The Morgan fingerprint density at radius 3 is 2.51 bits per heavy atom. The van der Waals surface area contributed by atoms with Crippen LogP contribution in [0.3, 0.4) is 0 Å². The minimum Gasteiger partial charge on any atom is -0.369 e. The zero-order valence-electron chi connectivity index (χ0n) is 19.6. The monoisotopic (exact) mass is 494 g/mol. The summed E-state index contributed by atoms with van der Waals surface area (Å²) in [5.74, 6) is -0.0775. The first kappa shape index (κ1) is 25.2. The van der Waals surface area contributed by atoms with Crippen molar-refractivity contribution in [2.45, 2.75) is 44.9 Å². The second-order valence-corrected chi connectivity index (χ2v) is 9.52. The van der Waals surface area contributed by atoms with E-state index in [2.05, 4.69) is 22.2 Å². The van der Waals surface area contributed by atoms with Crippen molar-refractivity contribution in [2.75, 3.05) is 36.4 Å². The predicted octanol–water partition coefficient (Wildman–Crippen LogP) is 3.66. The molecule has 1 aromatic carbocycles. The maximum absolute atomic E-state index is 15.5. The number of nitrogens with two attached hydrogens (primary N) is 1. The third kappa shape index (κ3) is 6.39. The molecule has 2 aliphatic rings. The molecule has 1 saturated heterocycles. The second-order valence-electron chi connectivity index (χ2n) is 9.52. The molecule has 3 N–H and O–H groups in total. The van der Waals surface area contributed by atoms with Crippen molar-refractivity contribution in [2.24, 2.45) is 17.6 Å². The maximum Gasteiger partial charge on any atom is 0.416 e. The van der Waals surface area contributed by atoms with E-state index in [1.54, 1.807) is 4.90 Å². The first-order valence-electron chi connectivity index (χ1n) is 11.8. The van der Waals surface area contributed by atoms with Crippen molar-refractivity contribution in [1.82, 2.24) is 14.9 Å². The summed E-state index contributed by atoms with van der Waals surface area (Å²) < 4.78 is 54.1. The number of alkyl halides is 3. The predicted molar refractivity (Wildman–Crippen MR) is 124 cm³/mol. The largest absolute Gasteiger partial charge is 0.416 e. The van der Waals surface area contributed by atoms with Gasteiger partial charge in [-0.25, -0.2) is 9.97 Å². The van der Waals surface area contributed by atoms with E-state index in [1.165, 1.54) is 18.5 Å². The zero-order chi connectivity index (χ0) is 25.2. The fraction of sp³-hybridized carbons (Fsp3) is 0.542. The SMILES string of the molecule is CC1CN(CC(N)=O)CCC1CNc1ncnc(N(Cc2ccc(C(F)(F)F)cc2)C2CC2)c1F. The van der Waals surface area contributed by atoms with Crippen LogP contribution in [0.2, 0.25) is 0 Å². The van der Waals surface area contributed by atoms with Crippen molar-refractivity contribution >= 4 is 17.5 Å². The van der Waals surface area contributed by atoms with E-state index in [0.29, 0.717) is 18.0 Å². The van der Waals surface area contributed by atoms with E-state index in [0.717, 1.165) is 44.5 Å². The Bertz CT molecular complexity index is 1030. The average Bonchev–Trinajstić information content (AvgIpc) is 3.63. The van der Waals surface area contributed by atoms with Crippen LogP contribution in [0, 0.1) is 17.7 Å². The number of hydrogen-bond donors (Lipinski definition) is 2. The topological polar surface area (TPSA) is 87.4 Å². The number of piperidine rings is 1. The highest BCUT2D eigenvalue weighted by Gasteiger charge is 2.34. The molecule has 2 aromatic rings. The summed E-state index contributed by atoms with van der Waals surface area (Å²) in [5.41, 5.74) is 5.23. The van der Waals surface area contributed by atoms with Crippen LogP contribution >= 0.6 is 0 Å². The first-order chi connectivity index (χ1) is 16.6. The maximum atomic E-state index is 15.5. The molecule has 2 atom stereocenters. The average molecular weight is 495 g/mol. The van der Waals surface area contributed by atoms with Gasteiger partial charge in [0.15, 0.2) is 11.6 Å². The number of likely N-dealkylation sites (tertiary alicyclic amines) is 1. The van der Waals surface area contributed by atoms with Crippen molar-refractivity contribution in [3.63, 3.8) is 0 Å². The Morgan fingerprint density at radius 1 is 1.20 bits per heavy atom. The van der Waals surface area contributed by atoms with Gasteiger partial charge in [-0.15, -0.1) is 0 Å². The minimum atomic E-state index is -4.40.